The number of pyridine rings is 1. The Labute approximate surface area is 168 Å². The predicted octanol–water partition coefficient (Wildman–Crippen LogP) is 3.22. The number of aromatic nitrogens is 1. The lowest BCUT2D eigenvalue weighted by Crippen LogP contribution is -2.46. The molecule has 2 aromatic carbocycles. The summed E-state index contributed by atoms with van der Waals surface area (Å²) in [5.74, 6) is -0.557. The van der Waals surface area contributed by atoms with Crippen molar-refractivity contribution in [2.24, 2.45) is 0 Å². The van der Waals surface area contributed by atoms with Gasteiger partial charge in [0.05, 0.1) is 11.1 Å². The number of anilines is 3. The van der Waals surface area contributed by atoms with E-state index in [0.717, 1.165) is 26.2 Å². The molecule has 0 atom stereocenters. The van der Waals surface area contributed by atoms with Gasteiger partial charge in [-0.15, -0.1) is 0 Å². The number of aromatic carboxylic acids is 1. The van der Waals surface area contributed by atoms with Crippen LogP contribution in [0.15, 0.2) is 54.6 Å². The molecule has 0 spiro atoms. The summed E-state index contributed by atoms with van der Waals surface area (Å²) in [6, 6.07) is 17.0. The van der Waals surface area contributed by atoms with Gasteiger partial charge >= 0.3 is 5.97 Å². The van der Waals surface area contributed by atoms with E-state index in [1.165, 1.54) is 12.6 Å². The number of nitrogens with zero attached hydrogens (tertiary/aromatic N) is 3. The van der Waals surface area contributed by atoms with Crippen molar-refractivity contribution in [1.29, 1.82) is 0 Å². The molecule has 0 saturated carbocycles. The summed E-state index contributed by atoms with van der Waals surface area (Å²) in [6.07, 6.45) is 0. The molecule has 1 aliphatic heterocycles. The number of hydrogen-bond acceptors (Lipinski definition) is 5. The highest BCUT2D eigenvalue weighted by molar-refractivity contribution is 6.05. The number of carbonyl (C=O) groups excluding carboxylic acids is 1. The molecular formula is C22H22N4O3. The first-order chi connectivity index (χ1) is 14.0. The standard InChI is InChI=1S/C22H22N4O3/c1-15(27)23-16-7-8-20-18(13-16)19(22(28)29)14-21(24-20)26-11-9-25(10-12-26)17-5-3-2-4-6-17/h2-8,13-14H,9-12H2,1H3,(H,23,27)(H,28,29). The van der Waals surface area contributed by atoms with Gasteiger partial charge in [0.1, 0.15) is 5.82 Å². The molecule has 148 valence electrons. The smallest absolute Gasteiger partial charge is 0.336 e. The molecule has 2 N–H and O–H groups in total. The molecule has 7 heteroatoms. The van der Waals surface area contributed by atoms with Crippen LogP contribution in [-0.4, -0.2) is 48.1 Å². The second kappa shape index (κ2) is 7.79. The lowest BCUT2D eigenvalue weighted by Gasteiger charge is -2.37. The number of fused-ring (bicyclic) bond motifs is 1. The zero-order valence-electron chi connectivity index (χ0n) is 16.1. The molecule has 3 aromatic rings. The average Bonchev–Trinajstić information content (AvgIpc) is 2.73. The Morgan fingerprint density at radius 1 is 0.966 bits per heavy atom. The number of carbonyl (C=O) groups is 2. The van der Waals surface area contributed by atoms with Gasteiger partial charge in [-0.3, -0.25) is 4.79 Å². The summed E-state index contributed by atoms with van der Waals surface area (Å²) in [5, 5.41) is 12.9. The van der Waals surface area contributed by atoms with Gasteiger partial charge in [0, 0.05) is 49.9 Å². The SMILES string of the molecule is CC(=O)Nc1ccc2nc(N3CCN(c4ccccc4)CC3)cc(C(=O)O)c2c1. The summed E-state index contributed by atoms with van der Waals surface area (Å²) in [5.41, 5.74) is 2.52. The first-order valence-electron chi connectivity index (χ1n) is 9.52. The van der Waals surface area contributed by atoms with Gasteiger partial charge in [-0.1, -0.05) is 18.2 Å². The van der Waals surface area contributed by atoms with Crippen LogP contribution >= 0.6 is 0 Å². The van der Waals surface area contributed by atoms with Crippen LogP contribution in [0.2, 0.25) is 0 Å². The topological polar surface area (TPSA) is 85.8 Å². The Hall–Kier alpha value is -3.61. The molecule has 29 heavy (non-hydrogen) atoms. The Morgan fingerprint density at radius 2 is 1.66 bits per heavy atom. The number of amides is 1. The molecule has 0 bridgehead atoms. The Morgan fingerprint density at radius 3 is 2.31 bits per heavy atom. The van der Waals surface area contributed by atoms with Crippen LogP contribution in [0.4, 0.5) is 17.2 Å². The number of nitrogens with one attached hydrogen (secondary N) is 1. The minimum absolute atomic E-state index is 0.183. The molecule has 0 unspecified atom stereocenters. The van der Waals surface area contributed by atoms with Gasteiger partial charge < -0.3 is 20.2 Å². The van der Waals surface area contributed by atoms with E-state index in [1.807, 2.05) is 18.2 Å². The van der Waals surface area contributed by atoms with Gasteiger partial charge in [-0.25, -0.2) is 9.78 Å². The normalized spacial score (nSPS) is 14.1. The molecule has 1 amide bonds. The highest BCUT2D eigenvalue weighted by Gasteiger charge is 2.21. The summed E-state index contributed by atoms with van der Waals surface area (Å²) in [6.45, 7) is 4.62. The van der Waals surface area contributed by atoms with Crippen molar-refractivity contribution >= 4 is 40.0 Å². The minimum Gasteiger partial charge on any atom is -0.478 e. The summed E-state index contributed by atoms with van der Waals surface area (Å²) >= 11 is 0. The fourth-order valence-electron chi connectivity index (χ4n) is 3.66. The third-order valence-electron chi connectivity index (χ3n) is 5.07. The second-order valence-electron chi connectivity index (χ2n) is 7.06. The fraction of sp³-hybridized carbons (Fsp3) is 0.227. The number of carboxylic acid groups (broad SMARTS) is 1. The van der Waals surface area contributed by atoms with E-state index in [2.05, 4.69) is 27.2 Å². The van der Waals surface area contributed by atoms with Crippen LogP contribution in [0.3, 0.4) is 0 Å². The number of piperazine rings is 1. The van der Waals surface area contributed by atoms with Crippen molar-refractivity contribution < 1.29 is 14.7 Å². The highest BCUT2D eigenvalue weighted by Crippen LogP contribution is 2.27. The molecule has 4 rings (SSSR count). The van der Waals surface area contributed by atoms with Crippen LogP contribution in [0, 0.1) is 0 Å². The molecule has 2 heterocycles. The van der Waals surface area contributed by atoms with E-state index in [0.29, 0.717) is 22.4 Å². The van der Waals surface area contributed by atoms with Crippen LogP contribution in [0.25, 0.3) is 10.9 Å². The lowest BCUT2D eigenvalue weighted by atomic mass is 10.1. The van der Waals surface area contributed by atoms with Gasteiger partial charge in [0.25, 0.3) is 0 Å². The molecule has 1 aliphatic rings. The molecular weight excluding hydrogens is 368 g/mol. The maximum absolute atomic E-state index is 11.9. The van der Waals surface area contributed by atoms with Crippen LogP contribution < -0.4 is 15.1 Å². The quantitative estimate of drug-likeness (QED) is 0.711. The van der Waals surface area contributed by atoms with E-state index in [9.17, 15) is 14.7 Å². The first kappa shape index (κ1) is 18.7. The van der Waals surface area contributed by atoms with Crippen molar-refractivity contribution in [2.75, 3.05) is 41.3 Å². The van der Waals surface area contributed by atoms with Crippen molar-refractivity contribution in [1.82, 2.24) is 4.98 Å². The van der Waals surface area contributed by atoms with Crippen molar-refractivity contribution in [3.8, 4) is 0 Å². The summed E-state index contributed by atoms with van der Waals surface area (Å²) in [4.78, 5) is 32.3. The van der Waals surface area contributed by atoms with Crippen LogP contribution in [-0.2, 0) is 4.79 Å². The fourth-order valence-corrected chi connectivity index (χ4v) is 3.66. The van der Waals surface area contributed by atoms with Gasteiger partial charge in [-0.2, -0.15) is 0 Å². The van der Waals surface area contributed by atoms with E-state index in [1.54, 1.807) is 24.3 Å². The Balaban J connectivity index is 1.61. The second-order valence-corrected chi connectivity index (χ2v) is 7.06. The molecule has 1 aromatic heterocycles. The average molecular weight is 390 g/mol. The minimum atomic E-state index is -1.01. The van der Waals surface area contributed by atoms with Crippen molar-refractivity contribution in [3.05, 3.63) is 60.2 Å². The zero-order valence-corrected chi connectivity index (χ0v) is 16.1. The largest absolute Gasteiger partial charge is 0.478 e. The zero-order chi connectivity index (χ0) is 20.4. The maximum atomic E-state index is 11.9. The Kier molecular flexibility index (Phi) is 5.03. The number of carboxylic acids is 1. The van der Waals surface area contributed by atoms with Gasteiger partial charge in [-0.05, 0) is 36.4 Å². The van der Waals surface area contributed by atoms with E-state index < -0.39 is 5.97 Å². The molecule has 0 radical (unpaired) electrons. The number of para-hydroxylation sites is 1. The Bertz CT molecular complexity index is 1060. The highest BCUT2D eigenvalue weighted by atomic mass is 16.4. The van der Waals surface area contributed by atoms with Crippen molar-refractivity contribution in [2.45, 2.75) is 6.92 Å². The number of rotatable bonds is 4. The van der Waals surface area contributed by atoms with E-state index in [-0.39, 0.29) is 11.5 Å². The molecule has 1 fully saturated rings. The number of benzene rings is 2. The maximum Gasteiger partial charge on any atom is 0.336 e. The monoisotopic (exact) mass is 390 g/mol. The van der Waals surface area contributed by atoms with Gasteiger partial charge in [0.2, 0.25) is 5.91 Å². The third kappa shape index (κ3) is 3.99. The first-order valence-corrected chi connectivity index (χ1v) is 9.52. The summed E-state index contributed by atoms with van der Waals surface area (Å²) < 4.78 is 0. The molecule has 7 nitrogen and oxygen atoms in total. The van der Waals surface area contributed by atoms with Crippen LogP contribution in [0.5, 0.6) is 0 Å². The number of hydrogen-bond donors (Lipinski definition) is 2. The van der Waals surface area contributed by atoms with Crippen LogP contribution in [0.1, 0.15) is 17.3 Å². The summed E-state index contributed by atoms with van der Waals surface area (Å²) in [7, 11) is 0. The van der Waals surface area contributed by atoms with E-state index >= 15 is 0 Å². The predicted molar refractivity (Wildman–Crippen MR) is 114 cm³/mol. The molecule has 0 aliphatic carbocycles. The third-order valence-corrected chi connectivity index (χ3v) is 5.07. The van der Waals surface area contributed by atoms with Crippen molar-refractivity contribution in [3.63, 3.8) is 0 Å². The van der Waals surface area contributed by atoms with E-state index in [4.69, 9.17) is 4.98 Å². The molecule has 1 saturated heterocycles. The van der Waals surface area contributed by atoms with Gasteiger partial charge in [0.15, 0.2) is 0 Å². The lowest BCUT2D eigenvalue weighted by molar-refractivity contribution is -0.114.